The predicted octanol–water partition coefficient (Wildman–Crippen LogP) is 2.33. The van der Waals surface area contributed by atoms with Gasteiger partial charge in [-0.1, -0.05) is 26.7 Å². The minimum atomic E-state index is -3.69. The summed E-state index contributed by atoms with van der Waals surface area (Å²) >= 11 is 0. The molecule has 0 saturated carbocycles. The maximum Gasteiger partial charge on any atom is 0.235 e. The minimum absolute atomic E-state index is 0.196. The first-order valence-corrected chi connectivity index (χ1v) is 6.45. The molecule has 5 heteroatoms. The molecule has 0 fully saturated rings. The summed E-state index contributed by atoms with van der Waals surface area (Å²) in [7, 11) is 1.23. The third-order valence-electron chi connectivity index (χ3n) is 1.92. The molecular weight excluding hydrogens is 203 g/mol. The molecule has 0 amide bonds. The number of halogens is 2. The highest BCUT2D eigenvalue weighted by atomic mass is 35.7. The van der Waals surface area contributed by atoms with Crippen molar-refractivity contribution in [3.63, 3.8) is 0 Å². The highest BCUT2D eigenvalue weighted by Gasteiger charge is 2.22. The second-order valence-corrected chi connectivity index (χ2v) is 5.62. The smallest absolute Gasteiger partial charge is 0.235 e. The van der Waals surface area contributed by atoms with Crippen molar-refractivity contribution in [1.29, 1.82) is 0 Å². The molecule has 0 radical (unpaired) electrons. The zero-order valence-electron chi connectivity index (χ0n) is 7.26. The fourth-order valence-electron chi connectivity index (χ4n) is 1.13. The Bertz CT molecular complexity index is 211. The van der Waals surface area contributed by atoms with E-state index in [-0.39, 0.29) is 5.92 Å². The lowest BCUT2D eigenvalue weighted by molar-refractivity contribution is 0.240. The summed E-state index contributed by atoms with van der Waals surface area (Å²) in [5, 5.41) is 0. The highest BCUT2D eigenvalue weighted by molar-refractivity contribution is 8.13. The van der Waals surface area contributed by atoms with E-state index in [9.17, 15) is 12.8 Å². The fraction of sp³-hybridized carbons (Fsp3) is 1.00. The molecule has 2 nitrogen and oxygen atoms in total. The predicted molar refractivity (Wildman–Crippen MR) is 48.6 cm³/mol. The van der Waals surface area contributed by atoms with Gasteiger partial charge in [-0.05, 0) is 5.92 Å². The highest BCUT2D eigenvalue weighted by Crippen LogP contribution is 2.18. The van der Waals surface area contributed by atoms with Gasteiger partial charge in [0.15, 0.2) is 0 Å². The molecule has 0 aliphatic heterocycles. The average molecular weight is 217 g/mol. The van der Waals surface area contributed by atoms with E-state index in [0.29, 0.717) is 12.8 Å². The Hall–Kier alpha value is 0.170. The van der Waals surface area contributed by atoms with Gasteiger partial charge in [0.1, 0.15) is 6.17 Å². The van der Waals surface area contributed by atoms with Crippen molar-refractivity contribution in [3.05, 3.63) is 0 Å². The normalized spacial score (nSPS) is 15.1. The van der Waals surface area contributed by atoms with Gasteiger partial charge < -0.3 is 0 Å². The van der Waals surface area contributed by atoms with Crippen molar-refractivity contribution in [2.75, 3.05) is 5.75 Å². The molecule has 12 heavy (non-hydrogen) atoms. The molecule has 0 aromatic rings. The number of alkyl halides is 1. The molecule has 1 atom stereocenters. The molecule has 0 aromatic carbocycles. The molecule has 0 rings (SSSR count). The second kappa shape index (κ2) is 5.02. The van der Waals surface area contributed by atoms with Gasteiger partial charge in [-0.2, -0.15) is 0 Å². The molecule has 0 spiro atoms. The molecule has 1 unspecified atom stereocenters. The van der Waals surface area contributed by atoms with Crippen LogP contribution in [0.1, 0.15) is 26.7 Å². The SMILES string of the molecule is CCC(CC)C(F)CS(=O)(=O)Cl. The van der Waals surface area contributed by atoms with Gasteiger partial charge in [-0.25, -0.2) is 12.8 Å². The van der Waals surface area contributed by atoms with Crippen molar-refractivity contribution in [2.45, 2.75) is 32.9 Å². The van der Waals surface area contributed by atoms with E-state index in [4.69, 9.17) is 10.7 Å². The molecule has 0 aromatic heterocycles. The van der Waals surface area contributed by atoms with Crippen LogP contribution in [0.5, 0.6) is 0 Å². The maximum atomic E-state index is 13.1. The van der Waals surface area contributed by atoms with Crippen molar-refractivity contribution >= 4 is 19.7 Å². The van der Waals surface area contributed by atoms with Crippen LogP contribution in [0.4, 0.5) is 4.39 Å². The molecule has 0 saturated heterocycles. The van der Waals surface area contributed by atoms with Crippen LogP contribution in [0.2, 0.25) is 0 Å². The topological polar surface area (TPSA) is 34.1 Å². The molecule has 0 heterocycles. The second-order valence-electron chi connectivity index (χ2n) is 2.80. The largest absolute Gasteiger partial charge is 0.246 e. The summed E-state index contributed by atoms with van der Waals surface area (Å²) in [6.07, 6.45) is -0.0452. The lowest BCUT2D eigenvalue weighted by Crippen LogP contribution is -2.22. The van der Waals surface area contributed by atoms with Gasteiger partial charge in [0, 0.05) is 10.7 Å². The van der Waals surface area contributed by atoms with E-state index in [1.165, 1.54) is 0 Å². The molecule has 0 bridgehead atoms. The summed E-state index contributed by atoms with van der Waals surface area (Å²) in [6.45, 7) is 3.67. The quantitative estimate of drug-likeness (QED) is 0.661. The van der Waals surface area contributed by atoms with Gasteiger partial charge in [0.25, 0.3) is 0 Å². The molecule has 0 N–H and O–H groups in total. The van der Waals surface area contributed by atoms with Crippen molar-refractivity contribution < 1.29 is 12.8 Å². The van der Waals surface area contributed by atoms with Crippen molar-refractivity contribution in [2.24, 2.45) is 5.92 Å². The Morgan fingerprint density at radius 3 is 2.00 bits per heavy atom. The molecule has 0 aliphatic carbocycles. The third-order valence-corrected chi connectivity index (χ3v) is 3.01. The standard InChI is InChI=1S/C7H14ClFO2S/c1-3-6(4-2)7(9)5-12(8,10)11/h6-7H,3-5H2,1-2H3. The first kappa shape index (κ1) is 12.2. The first-order valence-electron chi connectivity index (χ1n) is 3.97. The number of hydrogen-bond donors (Lipinski definition) is 0. The molecule has 0 aliphatic rings. The van der Waals surface area contributed by atoms with Gasteiger partial charge in [0.2, 0.25) is 9.05 Å². The van der Waals surface area contributed by atoms with Gasteiger partial charge in [-0.3, -0.25) is 0 Å². The van der Waals surface area contributed by atoms with E-state index in [1.807, 2.05) is 13.8 Å². The van der Waals surface area contributed by atoms with E-state index in [1.54, 1.807) is 0 Å². The van der Waals surface area contributed by atoms with Crippen LogP contribution in [0, 0.1) is 5.92 Å². The summed E-state index contributed by atoms with van der Waals surface area (Å²) in [5.74, 6) is -0.764. The van der Waals surface area contributed by atoms with Gasteiger partial charge in [0.05, 0.1) is 5.75 Å². The van der Waals surface area contributed by atoms with Crippen LogP contribution < -0.4 is 0 Å². The maximum absolute atomic E-state index is 13.1. The van der Waals surface area contributed by atoms with Gasteiger partial charge in [-0.15, -0.1) is 0 Å². The minimum Gasteiger partial charge on any atom is -0.246 e. The van der Waals surface area contributed by atoms with Crippen LogP contribution in [0.15, 0.2) is 0 Å². The number of rotatable bonds is 5. The monoisotopic (exact) mass is 216 g/mol. The Kier molecular flexibility index (Phi) is 5.09. The summed E-state index contributed by atoms with van der Waals surface area (Å²) in [4.78, 5) is 0. The van der Waals surface area contributed by atoms with Crippen LogP contribution in [0.25, 0.3) is 0 Å². The Balaban J connectivity index is 4.10. The van der Waals surface area contributed by atoms with Gasteiger partial charge >= 0.3 is 0 Å². The summed E-state index contributed by atoms with van der Waals surface area (Å²) < 4.78 is 34.1. The first-order chi connectivity index (χ1) is 5.40. The zero-order chi connectivity index (χ0) is 9.78. The van der Waals surface area contributed by atoms with Crippen LogP contribution in [-0.4, -0.2) is 20.3 Å². The summed E-state index contributed by atoms with van der Waals surface area (Å²) in [5.41, 5.74) is 0. The third kappa shape index (κ3) is 4.93. The van der Waals surface area contributed by atoms with Crippen molar-refractivity contribution in [1.82, 2.24) is 0 Å². The van der Waals surface area contributed by atoms with Crippen LogP contribution in [0.3, 0.4) is 0 Å². The van der Waals surface area contributed by atoms with E-state index >= 15 is 0 Å². The Morgan fingerprint density at radius 2 is 1.75 bits per heavy atom. The molecule has 74 valence electrons. The van der Waals surface area contributed by atoms with E-state index < -0.39 is 21.0 Å². The van der Waals surface area contributed by atoms with Crippen LogP contribution >= 0.6 is 10.7 Å². The molecular formula is C7H14ClFO2S. The summed E-state index contributed by atoms with van der Waals surface area (Å²) in [6, 6.07) is 0. The Morgan fingerprint density at radius 1 is 1.33 bits per heavy atom. The fourth-order valence-corrected chi connectivity index (χ4v) is 2.14. The van der Waals surface area contributed by atoms with E-state index in [2.05, 4.69) is 0 Å². The number of hydrogen-bond acceptors (Lipinski definition) is 2. The van der Waals surface area contributed by atoms with Crippen molar-refractivity contribution in [3.8, 4) is 0 Å². The van der Waals surface area contributed by atoms with Crippen LogP contribution in [-0.2, 0) is 9.05 Å². The lowest BCUT2D eigenvalue weighted by Gasteiger charge is -2.15. The lowest BCUT2D eigenvalue weighted by atomic mass is 9.99. The van der Waals surface area contributed by atoms with E-state index in [0.717, 1.165) is 0 Å². The Labute approximate surface area is 77.5 Å². The zero-order valence-corrected chi connectivity index (χ0v) is 8.83. The average Bonchev–Trinajstić information content (AvgIpc) is 1.85.